The summed E-state index contributed by atoms with van der Waals surface area (Å²) in [6, 6.07) is 0. The van der Waals surface area contributed by atoms with Crippen molar-refractivity contribution in [3.63, 3.8) is 0 Å². The van der Waals surface area contributed by atoms with E-state index in [1.165, 1.54) is 0 Å². The van der Waals surface area contributed by atoms with Gasteiger partial charge in [-0.3, -0.25) is 0 Å². The van der Waals surface area contributed by atoms with Crippen molar-refractivity contribution in [2.75, 3.05) is 13.1 Å². The minimum absolute atomic E-state index is 0.258. The third-order valence-electron chi connectivity index (χ3n) is 1.03. The van der Waals surface area contributed by atoms with Crippen LogP contribution in [0.15, 0.2) is 0 Å². The molecule has 0 saturated carbocycles. The lowest BCUT2D eigenvalue weighted by molar-refractivity contribution is -0.157. The smallest absolute Gasteiger partial charge is 0.333 e. The number of hydrogen-bond donors (Lipinski definition) is 3. The number of hydroxylamine groups is 2. The highest BCUT2D eigenvalue weighted by Gasteiger charge is 2.15. The topological polar surface area (TPSA) is 81.0 Å². The number of aliphatic hydroxyl groups is 1. The summed E-state index contributed by atoms with van der Waals surface area (Å²) >= 11 is 0. The Morgan fingerprint density at radius 1 is 1.70 bits per heavy atom. The van der Waals surface area contributed by atoms with Gasteiger partial charge >= 0.3 is 5.97 Å². The minimum atomic E-state index is -1.51. The summed E-state index contributed by atoms with van der Waals surface area (Å²) in [4.78, 5) is 9.96. The Hall–Kier alpha value is -0.650. The molecular formula is C5H11NO4. The standard InChI is InChI=1S/C5H11NO4/c1-2-6(10)3-4(7)5(8)9/h4,7,10H,2-3H2,1H3,(H,8,9). The van der Waals surface area contributed by atoms with Gasteiger partial charge in [-0.05, 0) is 0 Å². The van der Waals surface area contributed by atoms with E-state index in [-0.39, 0.29) is 6.54 Å². The van der Waals surface area contributed by atoms with Crippen LogP contribution in [0.4, 0.5) is 0 Å². The quantitative estimate of drug-likeness (QED) is 0.453. The summed E-state index contributed by atoms with van der Waals surface area (Å²) in [5.41, 5.74) is 0. The highest BCUT2D eigenvalue weighted by Crippen LogP contribution is 1.87. The van der Waals surface area contributed by atoms with Gasteiger partial charge in [0.25, 0.3) is 0 Å². The minimum Gasteiger partial charge on any atom is -0.479 e. The van der Waals surface area contributed by atoms with Gasteiger partial charge < -0.3 is 15.4 Å². The molecular weight excluding hydrogens is 138 g/mol. The molecule has 5 heteroatoms. The first-order valence-electron chi connectivity index (χ1n) is 2.92. The van der Waals surface area contributed by atoms with Crippen molar-refractivity contribution >= 4 is 5.97 Å². The predicted molar refractivity (Wildman–Crippen MR) is 32.7 cm³/mol. The van der Waals surface area contributed by atoms with Gasteiger partial charge in [-0.1, -0.05) is 6.92 Å². The van der Waals surface area contributed by atoms with Crippen molar-refractivity contribution in [3.8, 4) is 0 Å². The van der Waals surface area contributed by atoms with Crippen LogP contribution < -0.4 is 0 Å². The molecule has 10 heavy (non-hydrogen) atoms. The van der Waals surface area contributed by atoms with Crippen LogP contribution in [0.1, 0.15) is 6.92 Å². The van der Waals surface area contributed by atoms with E-state index in [1.54, 1.807) is 6.92 Å². The van der Waals surface area contributed by atoms with Gasteiger partial charge in [0.1, 0.15) is 0 Å². The fourth-order valence-electron chi connectivity index (χ4n) is 0.407. The lowest BCUT2D eigenvalue weighted by atomic mass is 10.3. The van der Waals surface area contributed by atoms with E-state index in [1.807, 2.05) is 0 Å². The fourth-order valence-corrected chi connectivity index (χ4v) is 0.407. The van der Waals surface area contributed by atoms with Crippen LogP contribution in [0, 0.1) is 0 Å². The van der Waals surface area contributed by atoms with Crippen LogP contribution in [-0.2, 0) is 4.79 Å². The second-order valence-electron chi connectivity index (χ2n) is 1.86. The molecule has 0 aromatic rings. The van der Waals surface area contributed by atoms with Crippen molar-refractivity contribution < 1.29 is 20.2 Å². The Bertz CT molecular complexity index is 116. The largest absolute Gasteiger partial charge is 0.479 e. The van der Waals surface area contributed by atoms with Crippen LogP contribution in [0.5, 0.6) is 0 Å². The first-order chi connectivity index (χ1) is 4.57. The molecule has 0 aromatic carbocycles. The Labute approximate surface area is 58.5 Å². The first kappa shape index (κ1) is 9.35. The van der Waals surface area contributed by atoms with Crippen molar-refractivity contribution in [3.05, 3.63) is 0 Å². The average molecular weight is 149 g/mol. The zero-order chi connectivity index (χ0) is 8.15. The molecule has 0 radical (unpaired) electrons. The van der Waals surface area contributed by atoms with Crippen molar-refractivity contribution in [1.29, 1.82) is 0 Å². The highest BCUT2D eigenvalue weighted by atomic mass is 16.5. The molecule has 0 aliphatic carbocycles. The molecule has 0 rings (SSSR count). The van der Waals surface area contributed by atoms with E-state index in [4.69, 9.17) is 15.4 Å². The monoisotopic (exact) mass is 149 g/mol. The lowest BCUT2D eigenvalue weighted by Crippen LogP contribution is -2.34. The number of likely N-dealkylation sites (N-methyl/N-ethyl adjacent to an activating group) is 1. The fraction of sp³-hybridized carbons (Fsp3) is 0.800. The number of carboxylic acids is 1. The van der Waals surface area contributed by atoms with Crippen molar-refractivity contribution in [2.24, 2.45) is 0 Å². The van der Waals surface area contributed by atoms with Gasteiger partial charge in [0.05, 0.1) is 6.54 Å². The number of aliphatic carboxylic acids is 1. The van der Waals surface area contributed by atoms with Gasteiger partial charge in [-0.15, -0.1) is 0 Å². The molecule has 60 valence electrons. The normalized spacial score (nSPS) is 13.6. The van der Waals surface area contributed by atoms with Crippen molar-refractivity contribution in [2.45, 2.75) is 13.0 Å². The second-order valence-corrected chi connectivity index (χ2v) is 1.86. The molecule has 0 fully saturated rings. The lowest BCUT2D eigenvalue weighted by Gasteiger charge is -2.13. The van der Waals surface area contributed by atoms with E-state index in [2.05, 4.69) is 0 Å². The third-order valence-corrected chi connectivity index (χ3v) is 1.03. The Morgan fingerprint density at radius 3 is 2.50 bits per heavy atom. The van der Waals surface area contributed by atoms with Gasteiger partial charge in [0.15, 0.2) is 6.10 Å². The second kappa shape index (κ2) is 4.21. The molecule has 0 bridgehead atoms. The number of carbonyl (C=O) groups is 1. The predicted octanol–water partition coefficient (Wildman–Crippen LogP) is -0.857. The first-order valence-corrected chi connectivity index (χ1v) is 2.92. The number of aliphatic hydroxyl groups excluding tert-OH is 1. The molecule has 0 spiro atoms. The Balaban J connectivity index is 3.56. The van der Waals surface area contributed by atoms with Crippen LogP contribution in [0.25, 0.3) is 0 Å². The van der Waals surface area contributed by atoms with Gasteiger partial charge in [-0.25, -0.2) is 4.79 Å². The molecule has 0 aliphatic rings. The van der Waals surface area contributed by atoms with E-state index in [0.29, 0.717) is 6.54 Å². The summed E-state index contributed by atoms with van der Waals surface area (Å²) in [5.74, 6) is -1.33. The number of rotatable bonds is 4. The van der Waals surface area contributed by atoms with Gasteiger partial charge in [-0.2, -0.15) is 5.06 Å². The molecule has 1 unspecified atom stereocenters. The Kier molecular flexibility index (Phi) is 3.94. The number of nitrogens with zero attached hydrogens (tertiary/aromatic N) is 1. The molecule has 0 aliphatic heterocycles. The summed E-state index contributed by atoms with van der Waals surface area (Å²) in [6.07, 6.45) is -1.51. The molecule has 5 nitrogen and oxygen atoms in total. The maximum Gasteiger partial charge on any atom is 0.333 e. The molecule has 0 amide bonds. The van der Waals surface area contributed by atoms with E-state index in [0.717, 1.165) is 5.06 Å². The van der Waals surface area contributed by atoms with Crippen LogP contribution >= 0.6 is 0 Å². The van der Waals surface area contributed by atoms with Crippen LogP contribution in [0.2, 0.25) is 0 Å². The Morgan fingerprint density at radius 2 is 2.20 bits per heavy atom. The average Bonchev–Trinajstić information content (AvgIpc) is 1.87. The van der Waals surface area contributed by atoms with Gasteiger partial charge in [0, 0.05) is 6.54 Å². The molecule has 3 N–H and O–H groups in total. The maximum atomic E-state index is 9.96. The van der Waals surface area contributed by atoms with Crippen LogP contribution in [0.3, 0.4) is 0 Å². The van der Waals surface area contributed by atoms with E-state index in [9.17, 15) is 4.79 Å². The number of carboxylic acid groups (broad SMARTS) is 1. The molecule has 0 aromatic heterocycles. The zero-order valence-corrected chi connectivity index (χ0v) is 5.69. The SMILES string of the molecule is CCN(O)CC(O)C(=O)O. The van der Waals surface area contributed by atoms with Crippen molar-refractivity contribution in [1.82, 2.24) is 5.06 Å². The maximum absolute atomic E-state index is 9.96. The molecule has 1 atom stereocenters. The zero-order valence-electron chi connectivity index (χ0n) is 5.69. The summed E-state index contributed by atoms with van der Waals surface area (Å²) in [6.45, 7) is 1.69. The van der Waals surface area contributed by atoms with E-state index >= 15 is 0 Å². The molecule has 0 heterocycles. The van der Waals surface area contributed by atoms with Crippen LogP contribution in [-0.4, -0.2) is 45.6 Å². The third kappa shape index (κ3) is 3.39. The van der Waals surface area contributed by atoms with Gasteiger partial charge in [0.2, 0.25) is 0 Å². The summed E-state index contributed by atoms with van der Waals surface area (Å²) in [5, 5.41) is 26.2. The summed E-state index contributed by atoms with van der Waals surface area (Å²) in [7, 11) is 0. The van der Waals surface area contributed by atoms with E-state index < -0.39 is 12.1 Å². The highest BCUT2D eigenvalue weighted by molar-refractivity contribution is 5.72. The molecule has 0 saturated heterocycles. The summed E-state index contributed by atoms with van der Waals surface area (Å²) < 4.78 is 0. The number of hydrogen-bond acceptors (Lipinski definition) is 4.